The molecule has 2 aliphatic carbocycles. The smallest absolute Gasteiger partial charge is 0.136 e. The first-order valence-corrected chi connectivity index (χ1v) is 5.96. The van der Waals surface area contributed by atoms with Crippen LogP contribution in [0.25, 0.3) is 0 Å². The molecule has 0 saturated heterocycles. The fourth-order valence-electron chi connectivity index (χ4n) is 3.14. The second kappa shape index (κ2) is 4.43. The molecule has 0 bridgehead atoms. The molecule has 0 aromatic rings. The van der Waals surface area contributed by atoms with Gasteiger partial charge in [-0.1, -0.05) is 19.3 Å². The summed E-state index contributed by atoms with van der Waals surface area (Å²) in [6, 6.07) is 0. The van der Waals surface area contributed by atoms with E-state index in [2.05, 4.69) is 0 Å². The lowest BCUT2D eigenvalue weighted by atomic mass is 9.70. The first-order valence-electron chi connectivity index (χ1n) is 5.96. The zero-order chi connectivity index (χ0) is 9.97. The second-order valence-electron chi connectivity index (χ2n) is 4.85. The van der Waals surface area contributed by atoms with E-state index in [1.54, 1.807) is 0 Å². The van der Waals surface area contributed by atoms with E-state index in [0.717, 1.165) is 37.5 Å². The van der Waals surface area contributed by atoms with Crippen LogP contribution in [0.3, 0.4) is 0 Å². The SMILES string of the molecule is O=C1CC2C(CCCCCO)CCC12. The van der Waals surface area contributed by atoms with E-state index in [0.29, 0.717) is 18.3 Å². The Morgan fingerprint density at radius 3 is 2.71 bits per heavy atom. The third kappa shape index (κ3) is 1.85. The van der Waals surface area contributed by atoms with Gasteiger partial charge in [-0.05, 0) is 31.1 Å². The normalized spacial score (nSPS) is 35.5. The van der Waals surface area contributed by atoms with Gasteiger partial charge in [-0.15, -0.1) is 0 Å². The number of hydrogen-bond acceptors (Lipinski definition) is 2. The van der Waals surface area contributed by atoms with E-state index in [-0.39, 0.29) is 0 Å². The van der Waals surface area contributed by atoms with Gasteiger partial charge < -0.3 is 5.11 Å². The minimum absolute atomic E-state index is 0.329. The summed E-state index contributed by atoms with van der Waals surface area (Å²) in [7, 11) is 0. The minimum Gasteiger partial charge on any atom is -0.396 e. The number of carbonyl (C=O) groups is 1. The number of rotatable bonds is 5. The van der Waals surface area contributed by atoms with Crippen LogP contribution in [0.4, 0.5) is 0 Å². The van der Waals surface area contributed by atoms with Gasteiger partial charge in [0, 0.05) is 18.9 Å². The van der Waals surface area contributed by atoms with Crippen LogP contribution in [0, 0.1) is 17.8 Å². The van der Waals surface area contributed by atoms with Crippen LogP contribution in [-0.4, -0.2) is 17.5 Å². The van der Waals surface area contributed by atoms with Crippen molar-refractivity contribution in [1.82, 2.24) is 0 Å². The van der Waals surface area contributed by atoms with Gasteiger partial charge in [0.15, 0.2) is 0 Å². The Labute approximate surface area is 85.7 Å². The van der Waals surface area contributed by atoms with E-state index >= 15 is 0 Å². The summed E-state index contributed by atoms with van der Waals surface area (Å²) in [5.74, 6) is 2.55. The number of aliphatic hydroxyl groups excluding tert-OH is 1. The molecule has 0 radical (unpaired) electrons. The molecule has 0 aromatic carbocycles. The van der Waals surface area contributed by atoms with Gasteiger partial charge in [-0.25, -0.2) is 0 Å². The molecule has 3 unspecified atom stereocenters. The number of Topliss-reactive ketones (excluding diaryl/α,β-unsaturated/α-hetero) is 1. The van der Waals surface area contributed by atoms with Crippen molar-refractivity contribution >= 4 is 5.78 Å². The molecule has 2 heteroatoms. The monoisotopic (exact) mass is 196 g/mol. The first-order chi connectivity index (χ1) is 6.83. The van der Waals surface area contributed by atoms with Gasteiger partial charge in [-0.3, -0.25) is 4.79 Å². The number of unbranched alkanes of at least 4 members (excludes halogenated alkanes) is 2. The Hall–Kier alpha value is -0.370. The number of ketones is 1. The van der Waals surface area contributed by atoms with E-state index in [1.165, 1.54) is 19.3 Å². The Balaban J connectivity index is 1.65. The predicted octanol–water partition coefficient (Wildman–Crippen LogP) is 2.15. The van der Waals surface area contributed by atoms with Gasteiger partial charge in [0.2, 0.25) is 0 Å². The molecule has 14 heavy (non-hydrogen) atoms. The number of aliphatic hydroxyl groups is 1. The standard InChI is InChI=1S/C12H20O2/c13-7-3-1-2-4-9-5-6-10-11(9)8-12(10)14/h9-11,13H,1-8H2. The van der Waals surface area contributed by atoms with Crippen LogP contribution in [0.5, 0.6) is 0 Å². The average molecular weight is 196 g/mol. The van der Waals surface area contributed by atoms with Crippen LogP contribution in [-0.2, 0) is 4.79 Å². The Morgan fingerprint density at radius 1 is 1.21 bits per heavy atom. The van der Waals surface area contributed by atoms with Crippen molar-refractivity contribution < 1.29 is 9.90 Å². The van der Waals surface area contributed by atoms with E-state index < -0.39 is 0 Å². The van der Waals surface area contributed by atoms with Crippen molar-refractivity contribution in [3.63, 3.8) is 0 Å². The van der Waals surface area contributed by atoms with Crippen molar-refractivity contribution in [2.45, 2.75) is 44.9 Å². The van der Waals surface area contributed by atoms with Gasteiger partial charge in [0.25, 0.3) is 0 Å². The molecule has 80 valence electrons. The van der Waals surface area contributed by atoms with Gasteiger partial charge >= 0.3 is 0 Å². The summed E-state index contributed by atoms with van der Waals surface area (Å²) >= 11 is 0. The summed E-state index contributed by atoms with van der Waals surface area (Å²) in [6.45, 7) is 0.329. The number of hydrogen-bond donors (Lipinski definition) is 1. The molecule has 0 spiro atoms. The molecule has 2 rings (SSSR count). The maximum Gasteiger partial charge on any atom is 0.136 e. The van der Waals surface area contributed by atoms with Crippen molar-refractivity contribution in [2.75, 3.05) is 6.61 Å². The zero-order valence-corrected chi connectivity index (χ0v) is 8.74. The fraction of sp³-hybridized carbons (Fsp3) is 0.917. The molecule has 2 aliphatic rings. The Bertz CT molecular complexity index is 212. The fourth-order valence-corrected chi connectivity index (χ4v) is 3.14. The third-order valence-corrected chi connectivity index (χ3v) is 4.05. The lowest BCUT2D eigenvalue weighted by Gasteiger charge is -2.32. The summed E-state index contributed by atoms with van der Waals surface area (Å²) in [6.07, 6.45) is 7.93. The van der Waals surface area contributed by atoms with Gasteiger partial charge in [0.05, 0.1) is 0 Å². The van der Waals surface area contributed by atoms with Crippen LogP contribution < -0.4 is 0 Å². The topological polar surface area (TPSA) is 37.3 Å². The largest absolute Gasteiger partial charge is 0.396 e. The zero-order valence-electron chi connectivity index (χ0n) is 8.74. The van der Waals surface area contributed by atoms with Crippen LogP contribution in [0.15, 0.2) is 0 Å². The lowest BCUT2D eigenvalue weighted by Crippen LogP contribution is -2.35. The Morgan fingerprint density at radius 2 is 2.07 bits per heavy atom. The van der Waals surface area contributed by atoms with Gasteiger partial charge in [0.1, 0.15) is 5.78 Å². The molecular formula is C12H20O2. The van der Waals surface area contributed by atoms with Crippen LogP contribution in [0.1, 0.15) is 44.9 Å². The third-order valence-electron chi connectivity index (χ3n) is 4.05. The highest BCUT2D eigenvalue weighted by Gasteiger charge is 2.47. The average Bonchev–Trinajstić information content (AvgIpc) is 2.50. The molecule has 2 fully saturated rings. The van der Waals surface area contributed by atoms with Crippen molar-refractivity contribution in [3.8, 4) is 0 Å². The van der Waals surface area contributed by atoms with E-state index in [1.807, 2.05) is 0 Å². The summed E-state index contributed by atoms with van der Waals surface area (Å²) in [5, 5.41) is 8.65. The highest BCUT2D eigenvalue weighted by molar-refractivity contribution is 5.87. The molecule has 2 saturated carbocycles. The molecular weight excluding hydrogens is 176 g/mol. The molecule has 0 heterocycles. The summed E-state index contributed by atoms with van der Waals surface area (Å²) in [5.41, 5.74) is 0. The van der Waals surface area contributed by atoms with Crippen molar-refractivity contribution in [3.05, 3.63) is 0 Å². The number of fused-ring (bicyclic) bond motifs is 1. The molecule has 1 N–H and O–H groups in total. The molecule has 0 aliphatic heterocycles. The lowest BCUT2D eigenvalue weighted by molar-refractivity contribution is -0.133. The van der Waals surface area contributed by atoms with E-state index in [4.69, 9.17) is 5.11 Å². The molecule has 3 atom stereocenters. The highest BCUT2D eigenvalue weighted by Crippen LogP contribution is 2.49. The molecule has 0 aromatic heterocycles. The second-order valence-corrected chi connectivity index (χ2v) is 4.85. The maximum absolute atomic E-state index is 11.2. The molecule has 2 nitrogen and oxygen atoms in total. The van der Waals surface area contributed by atoms with Crippen molar-refractivity contribution in [2.24, 2.45) is 17.8 Å². The quantitative estimate of drug-likeness (QED) is 0.684. The summed E-state index contributed by atoms with van der Waals surface area (Å²) in [4.78, 5) is 11.2. The number of carbonyl (C=O) groups excluding carboxylic acids is 1. The molecule has 0 amide bonds. The maximum atomic E-state index is 11.2. The minimum atomic E-state index is 0.329. The van der Waals surface area contributed by atoms with Crippen LogP contribution in [0.2, 0.25) is 0 Å². The van der Waals surface area contributed by atoms with Crippen LogP contribution >= 0.6 is 0 Å². The Kier molecular flexibility index (Phi) is 3.22. The predicted molar refractivity (Wildman–Crippen MR) is 54.9 cm³/mol. The van der Waals surface area contributed by atoms with E-state index in [9.17, 15) is 4.79 Å². The van der Waals surface area contributed by atoms with Gasteiger partial charge in [-0.2, -0.15) is 0 Å². The first kappa shape index (κ1) is 10.2. The summed E-state index contributed by atoms with van der Waals surface area (Å²) < 4.78 is 0. The highest BCUT2D eigenvalue weighted by atomic mass is 16.2. The van der Waals surface area contributed by atoms with Crippen molar-refractivity contribution in [1.29, 1.82) is 0 Å².